The molecule has 5 rings (SSSR count). The van der Waals surface area contributed by atoms with Gasteiger partial charge in [-0.3, -0.25) is 9.79 Å². The monoisotopic (exact) mass is 592 g/mol. The van der Waals surface area contributed by atoms with Crippen LogP contribution in [-0.4, -0.2) is 72.5 Å². The second-order valence-electron chi connectivity index (χ2n) is 12.2. The number of guanidine groups is 1. The molecule has 3 heterocycles. The summed E-state index contributed by atoms with van der Waals surface area (Å²) >= 11 is 0. The zero-order valence-electron chi connectivity index (χ0n) is 25.1. The van der Waals surface area contributed by atoms with Crippen molar-refractivity contribution in [3.8, 4) is 0 Å². The van der Waals surface area contributed by atoms with Gasteiger partial charge in [0.1, 0.15) is 12.1 Å². The van der Waals surface area contributed by atoms with Crippen LogP contribution in [0.15, 0.2) is 65.7 Å². The lowest BCUT2D eigenvalue weighted by atomic mass is 9.85. The van der Waals surface area contributed by atoms with Crippen LogP contribution < -0.4 is 17.2 Å². The molecule has 0 radical (unpaired) electrons. The minimum Gasteiger partial charge on any atom is -0.459 e. The molecule has 0 aliphatic carbocycles. The quantitative estimate of drug-likeness (QED) is 0.0849. The van der Waals surface area contributed by atoms with E-state index in [-0.39, 0.29) is 12.1 Å². The van der Waals surface area contributed by atoms with Crippen LogP contribution in [0.3, 0.4) is 0 Å². The lowest BCUT2D eigenvalue weighted by Gasteiger charge is -2.47. The van der Waals surface area contributed by atoms with E-state index >= 15 is 0 Å². The molecular formula is C33H46N5O5+. The van der Waals surface area contributed by atoms with Crippen LogP contribution in [0.1, 0.15) is 69.4 Å². The molecule has 3 aliphatic rings. The Balaban J connectivity index is 1.37. The summed E-state index contributed by atoms with van der Waals surface area (Å²) in [5.74, 6) is -1.15. The first-order chi connectivity index (χ1) is 20.7. The maximum Gasteiger partial charge on any atom is 0.348 e. The molecule has 10 heteroatoms. The molecule has 4 atom stereocenters. The summed E-state index contributed by atoms with van der Waals surface area (Å²) in [4.78, 5) is 31.3. The summed E-state index contributed by atoms with van der Waals surface area (Å²) in [5.41, 5.74) is 16.4. The van der Waals surface area contributed by atoms with Crippen LogP contribution in [-0.2, 0) is 29.4 Å². The molecule has 3 fully saturated rings. The van der Waals surface area contributed by atoms with Gasteiger partial charge in [0, 0.05) is 45.1 Å². The van der Waals surface area contributed by atoms with Gasteiger partial charge in [-0.25, -0.2) is 4.79 Å². The van der Waals surface area contributed by atoms with E-state index in [1.807, 2.05) is 60.7 Å². The van der Waals surface area contributed by atoms with E-state index in [1.165, 1.54) is 43.3 Å². The fraction of sp³-hybridized carbons (Fsp3) is 0.545. The van der Waals surface area contributed by atoms with Gasteiger partial charge in [0.25, 0.3) is 0 Å². The minimum atomic E-state index is -1.66. The zero-order chi connectivity index (χ0) is 30.5. The predicted octanol–water partition coefficient (Wildman–Crippen LogP) is 3.06. The Morgan fingerprint density at radius 1 is 0.953 bits per heavy atom. The molecule has 2 aromatic rings. The number of piperidine rings is 1. The molecule has 1 spiro atoms. The SMILES string of the molecule is C[C@@H](OC(=O)[C@@H](N)CCCN=C(N)N)OC(C(=O)OC1CC2CCC(C1)[N+]21CCCC1)(c1ccccc1)c1ccccc1. The number of quaternary nitrogens is 1. The Kier molecular flexibility index (Phi) is 9.68. The minimum absolute atomic E-state index is 0.0128. The zero-order valence-corrected chi connectivity index (χ0v) is 25.1. The first kappa shape index (κ1) is 31.0. The number of carbonyl (C=O) groups excluding carboxylic acids is 2. The van der Waals surface area contributed by atoms with Gasteiger partial charge in [0.15, 0.2) is 5.96 Å². The lowest BCUT2D eigenvalue weighted by Crippen LogP contribution is -2.60. The van der Waals surface area contributed by atoms with Gasteiger partial charge in [0.05, 0.1) is 25.2 Å². The van der Waals surface area contributed by atoms with Crippen molar-refractivity contribution in [1.29, 1.82) is 0 Å². The summed E-state index contributed by atoms with van der Waals surface area (Å²) in [6, 6.07) is 18.7. The molecule has 3 aliphatic heterocycles. The third-order valence-corrected chi connectivity index (χ3v) is 9.57. The van der Waals surface area contributed by atoms with Gasteiger partial charge in [-0.1, -0.05) is 60.7 Å². The van der Waals surface area contributed by atoms with E-state index in [4.69, 9.17) is 31.4 Å². The van der Waals surface area contributed by atoms with Crippen molar-refractivity contribution < 1.29 is 28.3 Å². The van der Waals surface area contributed by atoms with Crippen molar-refractivity contribution in [1.82, 2.24) is 0 Å². The Hall–Kier alpha value is -3.47. The normalized spacial score (nSPS) is 23.8. The Morgan fingerprint density at radius 3 is 2.05 bits per heavy atom. The Labute approximate surface area is 254 Å². The number of rotatable bonds is 12. The van der Waals surface area contributed by atoms with E-state index in [0.29, 0.717) is 42.6 Å². The van der Waals surface area contributed by atoms with Crippen molar-refractivity contribution in [3.05, 3.63) is 71.8 Å². The van der Waals surface area contributed by atoms with Gasteiger partial charge in [-0.15, -0.1) is 0 Å². The number of ether oxygens (including phenoxy) is 3. The van der Waals surface area contributed by atoms with Crippen LogP contribution in [0.5, 0.6) is 0 Å². The summed E-state index contributed by atoms with van der Waals surface area (Å²) in [6.45, 7) is 4.45. The largest absolute Gasteiger partial charge is 0.459 e. The number of carbonyl (C=O) groups is 2. The highest BCUT2D eigenvalue weighted by molar-refractivity contribution is 5.86. The van der Waals surface area contributed by atoms with E-state index in [9.17, 15) is 9.59 Å². The third-order valence-electron chi connectivity index (χ3n) is 9.57. The van der Waals surface area contributed by atoms with E-state index in [0.717, 1.165) is 12.8 Å². The molecule has 43 heavy (non-hydrogen) atoms. The molecule has 0 aromatic heterocycles. The first-order valence-corrected chi connectivity index (χ1v) is 15.6. The maximum absolute atomic E-state index is 14.5. The van der Waals surface area contributed by atoms with Crippen LogP contribution >= 0.6 is 0 Å². The number of nitrogens with zero attached hydrogens (tertiary/aromatic N) is 2. The van der Waals surface area contributed by atoms with Gasteiger partial charge >= 0.3 is 11.9 Å². The van der Waals surface area contributed by atoms with Crippen molar-refractivity contribution in [2.45, 2.75) is 94.4 Å². The molecule has 6 N–H and O–H groups in total. The smallest absolute Gasteiger partial charge is 0.348 e. The van der Waals surface area contributed by atoms with Gasteiger partial charge in [-0.2, -0.15) is 0 Å². The number of esters is 2. The average Bonchev–Trinajstić information content (AvgIpc) is 3.55. The number of nitrogens with two attached hydrogens (primary N) is 3. The molecule has 232 valence electrons. The maximum atomic E-state index is 14.5. The summed E-state index contributed by atoms with van der Waals surface area (Å²) < 4.78 is 19.8. The third kappa shape index (κ3) is 6.56. The Bertz CT molecular complexity index is 1210. The van der Waals surface area contributed by atoms with Crippen molar-refractivity contribution in [2.75, 3.05) is 19.6 Å². The average molecular weight is 593 g/mol. The van der Waals surface area contributed by atoms with Crippen molar-refractivity contribution in [2.24, 2.45) is 22.2 Å². The highest BCUT2D eigenvalue weighted by Gasteiger charge is 2.57. The van der Waals surface area contributed by atoms with Gasteiger partial charge in [0.2, 0.25) is 11.9 Å². The standard InChI is InChI=1S/C33H46N5O5/c1-23(41-30(39)29(34)15-10-18-37-32(35)36)43-33(24-11-4-2-5-12-24,25-13-6-3-7-14-25)31(40)42-28-21-26-16-17-27(22-28)38(26)19-8-9-20-38/h2-7,11-14,23,26-29H,8-10,15-22,34H2,1H3,(H4,35,36,37)/q+1/t23-,26?,27?,28?,29-/m0/s1. The summed E-state index contributed by atoms with van der Waals surface area (Å²) in [6.07, 6.45) is 6.22. The van der Waals surface area contributed by atoms with E-state index in [2.05, 4.69) is 4.99 Å². The molecule has 3 saturated heterocycles. The van der Waals surface area contributed by atoms with Gasteiger partial charge < -0.3 is 35.9 Å². The van der Waals surface area contributed by atoms with Crippen molar-refractivity contribution >= 4 is 17.9 Å². The molecule has 10 nitrogen and oxygen atoms in total. The number of aliphatic imine (C=N–C) groups is 1. The lowest BCUT2D eigenvalue weighted by molar-refractivity contribution is -0.956. The molecule has 0 amide bonds. The summed E-state index contributed by atoms with van der Waals surface area (Å²) in [7, 11) is 0. The fourth-order valence-corrected chi connectivity index (χ4v) is 7.63. The summed E-state index contributed by atoms with van der Waals surface area (Å²) in [5, 5.41) is 0. The number of benzene rings is 2. The van der Waals surface area contributed by atoms with Gasteiger partial charge in [-0.05, 0) is 30.9 Å². The van der Waals surface area contributed by atoms with Crippen LogP contribution in [0.4, 0.5) is 0 Å². The molecular weight excluding hydrogens is 546 g/mol. The highest BCUT2D eigenvalue weighted by Crippen LogP contribution is 2.47. The molecule has 0 saturated carbocycles. The topological polar surface area (TPSA) is 152 Å². The number of hydrogen-bond acceptors (Lipinski definition) is 7. The second-order valence-corrected chi connectivity index (χ2v) is 12.2. The second kappa shape index (κ2) is 13.4. The Morgan fingerprint density at radius 2 is 1.51 bits per heavy atom. The first-order valence-electron chi connectivity index (χ1n) is 15.6. The van der Waals surface area contributed by atoms with Crippen LogP contribution in [0.2, 0.25) is 0 Å². The van der Waals surface area contributed by atoms with Crippen LogP contribution in [0, 0.1) is 0 Å². The predicted molar refractivity (Wildman–Crippen MR) is 163 cm³/mol. The van der Waals surface area contributed by atoms with Crippen LogP contribution in [0.25, 0.3) is 0 Å². The van der Waals surface area contributed by atoms with Crippen molar-refractivity contribution in [3.63, 3.8) is 0 Å². The van der Waals surface area contributed by atoms with E-state index in [1.54, 1.807) is 6.92 Å². The fourth-order valence-electron chi connectivity index (χ4n) is 7.63. The molecule has 2 aromatic carbocycles. The molecule has 2 unspecified atom stereocenters. The van der Waals surface area contributed by atoms with E-state index < -0.39 is 29.9 Å². The molecule has 2 bridgehead atoms. The highest BCUT2D eigenvalue weighted by atomic mass is 16.7. The number of hydrogen-bond donors (Lipinski definition) is 3.